The van der Waals surface area contributed by atoms with E-state index in [0.29, 0.717) is 18.6 Å². The van der Waals surface area contributed by atoms with E-state index in [9.17, 15) is 13.2 Å². The maximum atomic E-state index is 12.5. The molecule has 0 unspecified atom stereocenters. The van der Waals surface area contributed by atoms with Gasteiger partial charge in [0.25, 0.3) is 0 Å². The summed E-state index contributed by atoms with van der Waals surface area (Å²) in [6.45, 7) is 2.23. The van der Waals surface area contributed by atoms with Crippen LogP contribution in [-0.4, -0.2) is 29.7 Å². The number of ether oxygens (including phenoxy) is 1. The van der Waals surface area contributed by atoms with Crippen molar-refractivity contribution in [2.24, 2.45) is 0 Å². The SMILES string of the molecule is FC(F)(F)c1ccc(Cc2ccc([C@@H]3CNCCO3)nc2)cn1. The maximum Gasteiger partial charge on any atom is 0.433 e. The Hall–Kier alpha value is -1.99. The van der Waals surface area contributed by atoms with Gasteiger partial charge in [-0.25, -0.2) is 0 Å². The summed E-state index contributed by atoms with van der Waals surface area (Å²) in [7, 11) is 0. The third-order valence-electron chi connectivity index (χ3n) is 3.63. The van der Waals surface area contributed by atoms with E-state index in [1.807, 2.05) is 12.1 Å². The van der Waals surface area contributed by atoms with E-state index in [-0.39, 0.29) is 6.10 Å². The molecule has 122 valence electrons. The Kier molecular flexibility index (Phi) is 4.58. The van der Waals surface area contributed by atoms with Crippen molar-refractivity contribution in [1.29, 1.82) is 0 Å². The number of hydrogen-bond acceptors (Lipinski definition) is 4. The Balaban J connectivity index is 1.66. The minimum Gasteiger partial charge on any atom is -0.369 e. The summed E-state index contributed by atoms with van der Waals surface area (Å²) >= 11 is 0. The largest absolute Gasteiger partial charge is 0.433 e. The zero-order valence-corrected chi connectivity index (χ0v) is 12.3. The van der Waals surface area contributed by atoms with Gasteiger partial charge < -0.3 is 10.1 Å². The normalized spacial score (nSPS) is 18.8. The van der Waals surface area contributed by atoms with Crippen LogP contribution >= 0.6 is 0 Å². The predicted molar refractivity (Wildman–Crippen MR) is 77.8 cm³/mol. The van der Waals surface area contributed by atoms with Gasteiger partial charge in [0.15, 0.2) is 0 Å². The van der Waals surface area contributed by atoms with Crippen molar-refractivity contribution in [3.8, 4) is 0 Å². The molecule has 1 aliphatic heterocycles. The highest BCUT2D eigenvalue weighted by atomic mass is 19.4. The van der Waals surface area contributed by atoms with E-state index in [0.717, 1.165) is 30.4 Å². The molecule has 3 rings (SSSR count). The second-order valence-corrected chi connectivity index (χ2v) is 5.38. The molecule has 0 aromatic carbocycles. The third kappa shape index (κ3) is 4.05. The molecule has 4 nitrogen and oxygen atoms in total. The van der Waals surface area contributed by atoms with Crippen molar-refractivity contribution in [2.45, 2.75) is 18.7 Å². The highest BCUT2D eigenvalue weighted by Gasteiger charge is 2.31. The zero-order chi connectivity index (χ0) is 16.3. The van der Waals surface area contributed by atoms with Crippen LogP contribution in [0.1, 0.15) is 28.6 Å². The van der Waals surface area contributed by atoms with Gasteiger partial charge in [-0.05, 0) is 23.3 Å². The quantitative estimate of drug-likeness (QED) is 0.943. The molecule has 2 aromatic rings. The first-order valence-electron chi connectivity index (χ1n) is 7.31. The van der Waals surface area contributed by atoms with Crippen molar-refractivity contribution in [3.63, 3.8) is 0 Å². The molecule has 1 atom stereocenters. The Bertz CT molecular complexity index is 635. The Labute approximate surface area is 131 Å². The van der Waals surface area contributed by atoms with E-state index in [4.69, 9.17) is 4.74 Å². The number of nitrogens with one attached hydrogen (secondary N) is 1. The summed E-state index contributed by atoms with van der Waals surface area (Å²) in [6, 6.07) is 6.25. The standard InChI is InChI=1S/C16H16F3N3O/c17-16(18,19)15-4-2-12(9-22-15)7-11-1-3-13(21-8-11)14-10-20-5-6-23-14/h1-4,8-9,14,20H,5-7,10H2/t14-/m0/s1. The predicted octanol–water partition coefficient (Wildman–Crippen LogP) is 2.75. The second kappa shape index (κ2) is 6.64. The van der Waals surface area contributed by atoms with E-state index in [1.54, 1.807) is 6.20 Å². The van der Waals surface area contributed by atoms with Crippen LogP contribution in [-0.2, 0) is 17.3 Å². The summed E-state index contributed by atoms with van der Waals surface area (Å²) in [4.78, 5) is 7.85. The number of pyridine rings is 2. The lowest BCUT2D eigenvalue weighted by Crippen LogP contribution is -2.33. The van der Waals surface area contributed by atoms with Crippen LogP contribution in [0.4, 0.5) is 13.2 Å². The van der Waals surface area contributed by atoms with Crippen LogP contribution in [0.15, 0.2) is 36.7 Å². The van der Waals surface area contributed by atoms with Crippen molar-refractivity contribution < 1.29 is 17.9 Å². The first kappa shape index (κ1) is 15.9. The first-order valence-corrected chi connectivity index (χ1v) is 7.31. The Morgan fingerprint density at radius 1 is 1.09 bits per heavy atom. The number of alkyl halides is 3. The number of halogens is 3. The van der Waals surface area contributed by atoms with Crippen molar-refractivity contribution in [1.82, 2.24) is 15.3 Å². The number of morpholine rings is 1. The molecule has 2 aromatic heterocycles. The molecule has 7 heteroatoms. The Morgan fingerprint density at radius 3 is 2.35 bits per heavy atom. The molecule has 0 bridgehead atoms. The molecule has 0 radical (unpaired) electrons. The Morgan fingerprint density at radius 2 is 1.83 bits per heavy atom. The smallest absolute Gasteiger partial charge is 0.369 e. The molecule has 1 aliphatic rings. The van der Waals surface area contributed by atoms with E-state index < -0.39 is 11.9 Å². The van der Waals surface area contributed by atoms with Gasteiger partial charge in [-0.1, -0.05) is 12.1 Å². The van der Waals surface area contributed by atoms with Crippen LogP contribution in [0.3, 0.4) is 0 Å². The third-order valence-corrected chi connectivity index (χ3v) is 3.63. The second-order valence-electron chi connectivity index (χ2n) is 5.38. The number of nitrogens with zero attached hydrogens (tertiary/aromatic N) is 2. The molecule has 23 heavy (non-hydrogen) atoms. The average Bonchev–Trinajstić information content (AvgIpc) is 2.56. The van der Waals surface area contributed by atoms with Gasteiger partial charge >= 0.3 is 6.18 Å². The molecule has 3 heterocycles. The van der Waals surface area contributed by atoms with Gasteiger partial charge in [0.1, 0.15) is 11.8 Å². The molecule has 1 saturated heterocycles. The van der Waals surface area contributed by atoms with E-state index >= 15 is 0 Å². The number of aromatic nitrogens is 2. The monoisotopic (exact) mass is 323 g/mol. The number of rotatable bonds is 3. The summed E-state index contributed by atoms with van der Waals surface area (Å²) < 4.78 is 43.1. The molecule has 1 fully saturated rings. The molecule has 0 amide bonds. The first-order chi connectivity index (χ1) is 11.0. The fraction of sp³-hybridized carbons (Fsp3) is 0.375. The summed E-state index contributed by atoms with van der Waals surface area (Å²) in [5.74, 6) is 0. The number of hydrogen-bond donors (Lipinski definition) is 1. The lowest BCUT2D eigenvalue weighted by Gasteiger charge is -2.23. The van der Waals surface area contributed by atoms with Gasteiger partial charge in [0.05, 0.1) is 12.3 Å². The topological polar surface area (TPSA) is 47.0 Å². The zero-order valence-electron chi connectivity index (χ0n) is 12.3. The van der Waals surface area contributed by atoms with Crippen molar-refractivity contribution >= 4 is 0 Å². The average molecular weight is 323 g/mol. The minimum absolute atomic E-state index is 0.0504. The molecular weight excluding hydrogens is 307 g/mol. The molecule has 0 saturated carbocycles. The lowest BCUT2D eigenvalue weighted by atomic mass is 10.1. The van der Waals surface area contributed by atoms with Crippen molar-refractivity contribution in [3.05, 3.63) is 59.2 Å². The van der Waals surface area contributed by atoms with Crippen LogP contribution in [0.2, 0.25) is 0 Å². The minimum atomic E-state index is -4.41. The highest BCUT2D eigenvalue weighted by molar-refractivity contribution is 5.25. The summed E-state index contributed by atoms with van der Waals surface area (Å²) in [6.07, 6.45) is -0.987. The summed E-state index contributed by atoms with van der Waals surface area (Å²) in [5, 5.41) is 3.24. The maximum absolute atomic E-state index is 12.5. The van der Waals surface area contributed by atoms with Gasteiger partial charge in [-0.15, -0.1) is 0 Å². The van der Waals surface area contributed by atoms with Gasteiger partial charge in [0, 0.05) is 31.9 Å². The van der Waals surface area contributed by atoms with Crippen LogP contribution in [0.5, 0.6) is 0 Å². The molecule has 0 aliphatic carbocycles. The van der Waals surface area contributed by atoms with Crippen LogP contribution in [0, 0.1) is 0 Å². The van der Waals surface area contributed by atoms with Gasteiger partial charge in [0.2, 0.25) is 0 Å². The molecular formula is C16H16F3N3O. The van der Waals surface area contributed by atoms with Crippen LogP contribution in [0.25, 0.3) is 0 Å². The van der Waals surface area contributed by atoms with E-state index in [1.165, 1.54) is 12.3 Å². The van der Waals surface area contributed by atoms with Crippen LogP contribution < -0.4 is 5.32 Å². The summed E-state index contributed by atoms with van der Waals surface area (Å²) in [5.41, 5.74) is 1.60. The lowest BCUT2D eigenvalue weighted by molar-refractivity contribution is -0.141. The molecule has 1 N–H and O–H groups in total. The van der Waals surface area contributed by atoms with Gasteiger partial charge in [-0.3, -0.25) is 9.97 Å². The fourth-order valence-corrected chi connectivity index (χ4v) is 2.42. The fourth-order valence-electron chi connectivity index (χ4n) is 2.42. The molecule has 0 spiro atoms. The van der Waals surface area contributed by atoms with E-state index in [2.05, 4.69) is 15.3 Å². The van der Waals surface area contributed by atoms with Crippen molar-refractivity contribution in [2.75, 3.05) is 19.7 Å². The highest BCUT2D eigenvalue weighted by Crippen LogP contribution is 2.27. The van der Waals surface area contributed by atoms with Gasteiger partial charge in [-0.2, -0.15) is 13.2 Å².